The van der Waals surface area contributed by atoms with Gasteiger partial charge in [0.25, 0.3) is 0 Å². The summed E-state index contributed by atoms with van der Waals surface area (Å²) in [5, 5.41) is 8.39. The monoisotopic (exact) mass is 532 g/mol. The van der Waals surface area contributed by atoms with Gasteiger partial charge in [0, 0.05) is 44.5 Å². The number of nitrogens with zero attached hydrogens (tertiary/aromatic N) is 6. The van der Waals surface area contributed by atoms with Crippen LogP contribution in [0.2, 0.25) is 0 Å². The summed E-state index contributed by atoms with van der Waals surface area (Å²) in [6, 6.07) is 9.05. The van der Waals surface area contributed by atoms with Gasteiger partial charge in [-0.1, -0.05) is 25.1 Å². The maximum Gasteiger partial charge on any atom is 0.324 e. The van der Waals surface area contributed by atoms with Crippen LogP contribution in [-0.4, -0.2) is 63.5 Å². The summed E-state index contributed by atoms with van der Waals surface area (Å²) >= 11 is 0. The second-order valence-electron chi connectivity index (χ2n) is 11.9. The Hall–Kier alpha value is -3.36. The van der Waals surface area contributed by atoms with Crippen LogP contribution in [0.25, 0.3) is 0 Å². The van der Waals surface area contributed by atoms with Gasteiger partial charge in [0.05, 0.1) is 19.1 Å². The Labute approximate surface area is 230 Å². The number of carbonyl (C=O) groups is 1. The number of likely N-dealkylation sites (tertiary alicyclic amines) is 1. The SMILES string of the molecule is Cc1cc(OCCC2C[C@@H]2C2CCN(c3nc(C(C)C)no3)CC2)ccc1CC(=O)N1CC(n2cccn2)C1. The molecule has 1 aromatic carbocycles. The van der Waals surface area contributed by atoms with Crippen LogP contribution in [0.3, 0.4) is 0 Å². The summed E-state index contributed by atoms with van der Waals surface area (Å²) in [6.45, 7) is 10.5. The first-order chi connectivity index (χ1) is 18.9. The van der Waals surface area contributed by atoms with E-state index in [1.165, 1.54) is 19.3 Å². The summed E-state index contributed by atoms with van der Waals surface area (Å²) in [6.07, 6.45) is 9.01. The molecule has 2 atom stereocenters. The molecule has 1 unspecified atom stereocenters. The number of hydrogen-bond acceptors (Lipinski definition) is 7. The molecular formula is C30H40N6O3. The van der Waals surface area contributed by atoms with Gasteiger partial charge in [0.15, 0.2) is 5.82 Å². The topological polar surface area (TPSA) is 89.5 Å². The summed E-state index contributed by atoms with van der Waals surface area (Å²) < 4.78 is 13.6. The number of aromatic nitrogens is 4. The Kier molecular flexibility index (Phi) is 7.32. The summed E-state index contributed by atoms with van der Waals surface area (Å²) in [7, 11) is 0. The molecule has 9 heteroatoms. The van der Waals surface area contributed by atoms with E-state index in [1.54, 1.807) is 6.20 Å². The normalized spacial score (nSPS) is 21.8. The first kappa shape index (κ1) is 25.9. The third-order valence-corrected chi connectivity index (χ3v) is 8.87. The molecule has 9 nitrogen and oxygen atoms in total. The minimum absolute atomic E-state index is 0.179. The standard InChI is InChI=1S/C30H40N6O3/c1-20(2)29-32-30(39-33-29)34-12-7-22(8-13-34)27-16-24(27)9-14-38-26-6-5-23(21(3)15-26)17-28(37)35-18-25(19-35)36-11-4-10-31-36/h4-6,10-11,15,20,22,24-25,27H,7-9,12-14,16-19H2,1-3H3/t24?,27-/m1/s1. The van der Waals surface area contributed by atoms with E-state index < -0.39 is 0 Å². The lowest BCUT2D eigenvalue weighted by Gasteiger charge is -2.39. The van der Waals surface area contributed by atoms with Crippen LogP contribution in [0.15, 0.2) is 41.2 Å². The molecule has 2 aromatic heterocycles. The number of hydrogen-bond donors (Lipinski definition) is 0. The fraction of sp³-hybridized carbons (Fsp3) is 0.600. The average molecular weight is 533 g/mol. The summed E-state index contributed by atoms with van der Waals surface area (Å²) in [5.74, 6) is 4.55. The molecule has 208 valence electrons. The molecule has 39 heavy (non-hydrogen) atoms. The molecule has 0 radical (unpaired) electrons. The fourth-order valence-corrected chi connectivity index (χ4v) is 6.17. The maximum absolute atomic E-state index is 12.7. The number of piperidine rings is 1. The minimum atomic E-state index is 0.179. The molecule has 3 fully saturated rings. The Morgan fingerprint density at radius 3 is 2.72 bits per heavy atom. The highest BCUT2D eigenvalue weighted by Crippen LogP contribution is 2.50. The molecule has 0 bridgehead atoms. The Bertz CT molecular complexity index is 1260. The smallest absolute Gasteiger partial charge is 0.324 e. The van der Waals surface area contributed by atoms with Crippen LogP contribution in [0.1, 0.15) is 68.4 Å². The number of rotatable bonds is 10. The lowest BCUT2D eigenvalue weighted by atomic mass is 9.90. The third-order valence-electron chi connectivity index (χ3n) is 8.87. The molecular weight excluding hydrogens is 492 g/mol. The molecule has 0 N–H and O–H groups in total. The van der Waals surface area contributed by atoms with Crippen molar-refractivity contribution in [3.63, 3.8) is 0 Å². The third kappa shape index (κ3) is 5.82. The molecule has 3 aromatic rings. The Morgan fingerprint density at radius 1 is 1.21 bits per heavy atom. The summed E-state index contributed by atoms with van der Waals surface area (Å²) in [5.41, 5.74) is 2.19. The molecule has 1 amide bonds. The zero-order valence-corrected chi connectivity index (χ0v) is 23.3. The molecule has 6 rings (SSSR count). The lowest BCUT2D eigenvalue weighted by molar-refractivity contribution is -0.136. The molecule has 1 saturated carbocycles. The van der Waals surface area contributed by atoms with Gasteiger partial charge >= 0.3 is 6.01 Å². The van der Waals surface area contributed by atoms with Crippen molar-refractivity contribution in [1.82, 2.24) is 24.8 Å². The molecule has 0 spiro atoms. The minimum Gasteiger partial charge on any atom is -0.494 e. The van der Waals surface area contributed by atoms with Crippen LogP contribution in [0, 0.1) is 24.7 Å². The first-order valence-electron chi connectivity index (χ1n) is 14.5. The number of amides is 1. The number of carbonyl (C=O) groups excluding carboxylic acids is 1. The summed E-state index contributed by atoms with van der Waals surface area (Å²) in [4.78, 5) is 21.5. The number of ether oxygens (including phenoxy) is 1. The van der Waals surface area contributed by atoms with Crippen molar-refractivity contribution in [2.24, 2.45) is 17.8 Å². The van der Waals surface area contributed by atoms with Gasteiger partial charge in [0.2, 0.25) is 5.91 Å². The molecule has 3 aliphatic rings. The van der Waals surface area contributed by atoms with E-state index in [4.69, 9.17) is 9.26 Å². The predicted octanol–water partition coefficient (Wildman–Crippen LogP) is 4.65. The highest BCUT2D eigenvalue weighted by Gasteiger charge is 2.43. The predicted molar refractivity (Wildman–Crippen MR) is 148 cm³/mol. The second kappa shape index (κ2) is 11.0. The average Bonchev–Trinajstić information content (AvgIpc) is 3.26. The molecule has 1 aliphatic carbocycles. The van der Waals surface area contributed by atoms with E-state index in [2.05, 4.69) is 53.0 Å². The Balaban J connectivity index is 0.896. The van der Waals surface area contributed by atoms with Gasteiger partial charge < -0.3 is 19.1 Å². The van der Waals surface area contributed by atoms with Crippen molar-refractivity contribution in [2.45, 2.75) is 64.8 Å². The van der Waals surface area contributed by atoms with Crippen LogP contribution in [-0.2, 0) is 11.2 Å². The van der Waals surface area contributed by atoms with Crippen molar-refractivity contribution in [3.8, 4) is 5.75 Å². The van der Waals surface area contributed by atoms with Gasteiger partial charge in [-0.15, -0.1) is 0 Å². The Morgan fingerprint density at radius 2 is 2.03 bits per heavy atom. The van der Waals surface area contributed by atoms with Crippen molar-refractivity contribution in [3.05, 3.63) is 53.6 Å². The van der Waals surface area contributed by atoms with Gasteiger partial charge in [-0.05, 0) is 79.7 Å². The largest absolute Gasteiger partial charge is 0.494 e. The van der Waals surface area contributed by atoms with E-state index >= 15 is 0 Å². The first-order valence-corrected chi connectivity index (χ1v) is 14.5. The molecule has 2 saturated heterocycles. The van der Waals surface area contributed by atoms with E-state index in [-0.39, 0.29) is 11.8 Å². The van der Waals surface area contributed by atoms with Crippen molar-refractivity contribution < 1.29 is 14.1 Å². The zero-order valence-electron chi connectivity index (χ0n) is 23.3. The van der Waals surface area contributed by atoms with Crippen LogP contribution < -0.4 is 9.64 Å². The number of aryl methyl sites for hydroxylation is 1. The van der Waals surface area contributed by atoms with Gasteiger partial charge in [-0.25, -0.2) is 0 Å². The van der Waals surface area contributed by atoms with E-state index in [9.17, 15) is 4.79 Å². The molecule has 4 heterocycles. The quantitative estimate of drug-likeness (QED) is 0.376. The van der Waals surface area contributed by atoms with Crippen LogP contribution in [0.5, 0.6) is 5.75 Å². The highest BCUT2D eigenvalue weighted by molar-refractivity contribution is 5.80. The maximum atomic E-state index is 12.7. The van der Waals surface area contributed by atoms with Crippen LogP contribution >= 0.6 is 0 Å². The van der Waals surface area contributed by atoms with Gasteiger partial charge in [0.1, 0.15) is 5.75 Å². The molecule has 2 aliphatic heterocycles. The van der Waals surface area contributed by atoms with Crippen molar-refractivity contribution in [1.29, 1.82) is 0 Å². The van der Waals surface area contributed by atoms with Gasteiger partial charge in [-0.3, -0.25) is 9.48 Å². The van der Waals surface area contributed by atoms with Crippen LogP contribution in [0.4, 0.5) is 6.01 Å². The highest BCUT2D eigenvalue weighted by atomic mass is 16.5. The van der Waals surface area contributed by atoms with Crippen molar-refractivity contribution in [2.75, 3.05) is 37.7 Å². The van der Waals surface area contributed by atoms with E-state index in [1.807, 2.05) is 27.9 Å². The lowest BCUT2D eigenvalue weighted by Crippen LogP contribution is -2.51. The van der Waals surface area contributed by atoms with Crippen molar-refractivity contribution >= 4 is 11.9 Å². The van der Waals surface area contributed by atoms with E-state index in [0.717, 1.165) is 79.7 Å². The second-order valence-corrected chi connectivity index (χ2v) is 11.9. The zero-order chi connectivity index (χ0) is 26.9. The number of anilines is 1. The van der Waals surface area contributed by atoms with E-state index in [0.29, 0.717) is 18.5 Å². The van der Waals surface area contributed by atoms with Gasteiger partial charge in [-0.2, -0.15) is 10.1 Å². The number of benzene rings is 1. The fourth-order valence-electron chi connectivity index (χ4n) is 6.17.